The number of pyridine rings is 1. The first-order valence-electron chi connectivity index (χ1n) is 6.08. The second kappa shape index (κ2) is 5.79. The standard InChI is InChI=1S/C14H13F4N3/c1-8-7-20-5-4-10(8)13(21-19)9-2-3-12(15)11(6-9)14(16,17)18/h2-7,13,21H,19H2,1H3. The Balaban J connectivity index is 2.52. The first kappa shape index (κ1) is 15.4. The number of hydrazine groups is 1. The van der Waals surface area contributed by atoms with Gasteiger partial charge in [-0.05, 0) is 41.8 Å². The molecule has 1 unspecified atom stereocenters. The number of rotatable bonds is 3. The van der Waals surface area contributed by atoms with Gasteiger partial charge in [0, 0.05) is 12.4 Å². The Hall–Kier alpha value is -1.99. The minimum atomic E-state index is -4.76. The van der Waals surface area contributed by atoms with Crippen molar-refractivity contribution in [2.45, 2.75) is 19.1 Å². The Morgan fingerprint density at radius 2 is 1.95 bits per heavy atom. The van der Waals surface area contributed by atoms with E-state index in [1.54, 1.807) is 19.2 Å². The van der Waals surface area contributed by atoms with Gasteiger partial charge in [0.15, 0.2) is 0 Å². The van der Waals surface area contributed by atoms with Crippen molar-refractivity contribution < 1.29 is 17.6 Å². The largest absolute Gasteiger partial charge is 0.419 e. The number of halogens is 4. The number of hydrogen-bond acceptors (Lipinski definition) is 3. The number of aryl methyl sites for hydroxylation is 1. The molecular weight excluding hydrogens is 286 g/mol. The molecule has 3 nitrogen and oxygen atoms in total. The summed E-state index contributed by atoms with van der Waals surface area (Å²) in [7, 11) is 0. The zero-order valence-corrected chi connectivity index (χ0v) is 11.1. The molecule has 1 aromatic heterocycles. The van der Waals surface area contributed by atoms with E-state index in [1.807, 2.05) is 0 Å². The van der Waals surface area contributed by atoms with Crippen LogP contribution in [0.4, 0.5) is 17.6 Å². The second-order valence-corrected chi connectivity index (χ2v) is 4.57. The van der Waals surface area contributed by atoms with Gasteiger partial charge in [0.25, 0.3) is 0 Å². The lowest BCUT2D eigenvalue weighted by atomic mass is 9.95. The maximum absolute atomic E-state index is 13.3. The fourth-order valence-electron chi connectivity index (χ4n) is 2.11. The van der Waals surface area contributed by atoms with Crippen LogP contribution in [-0.4, -0.2) is 4.98 Å². The quantitative estimate of drug-likeness (QED) is 0.520. The minimum Gasteiger partial charge on any atom is -0.271 e. The fraction of sp³-hybridized carbons (Fsp3) is 0.214. The van der Waals surface area contributed by atoms with Crippen LogP contribution in [-0.2, 0) is 6.18 Å². The van der Waals surface area contributed by atoms with Crippen molar-refractivity contribution in [3.63, 3.8) is 0 Å². The molecule has 0 saturated heterocycles. The van der Waals surface area contributed by atoms with Crippen LogP contribution in [0.3, 0.4) is 0 Å². The number of benzene rings is 1. The van der Waals surface area contributed by atoms with Gasteiger partial charge in [0.1, 0.15) is 5.82 Å². The predicted molar refractivity (Wildman–Crippen MR) is 69.5 cm³/mol. The molecular formula is C14H13F4N3. The molecule has 7 heteroatoms. The van der Waals surface area contributed by atoms with Crippen LogP contribution >= 0.6 is 0 Å². The third kappa shape index (κ3) is 3.20. The highest BCUT2D eigenvalue weighted by Crippen LogP contribution is 2.34. The fourth-order valence-corrected chi connectivity index (χ4v) is 2.11. The van der Waals surface area contributed by atoms with Gasteiger partial charge in [-0.1, -0.05) is 6.07 Å². The molecule has 0 spiro atoms. The summed E-state index contributed by atoms with van der Waals surface area (Å²) in [5.41, 5.74) is 2.80. The minimum absolute atomic E-state index is 0.223. The number of hydrogen-bond donors (Lipinski definition) is 2. The van der Waals surface area contributed by atoms with Crippen molar-refractivity contribution >= 4 is 0 Å². The molecule has 2 rings (SSSR count). The van der Waals surface area contributed by atoms with E-state index in [-0.39, 0.29) is 5.56 Å². The van der Waals surface area contributed by atoms with Crippen LogP contribution in [0.15, 0.2) is 36.7 Å². The lowest BCUT2D eigenvalue weighted by molar-refractivity contribution is -0.140. The summed E-state index contributed by atoms with van der Waals surface area (Å²) in [6.07, 6.45) is -1.67. The predicted octanol–water partition coefficient (Wildman–Crippen LogP) is 3.10. The van der Waals surface area contributed by atoms with Crippen LogP contribution in [0, 0.1) is 12.7 Å². The molecule has 0 aliphatic rings. The third-order valence-electron chi connectivity index (χ3n) is 3.17. The molecule has 1 atom stereocenters. The Kier molecular flexibility index (Phi) is 4.24. The Labute approximate surface area is 118 Å². The van der Waals surface area contributed by atoms with Gasteiger partial charge >= 0.3 is 6.18 Å². The van der Waals surface area contributed by atoms with Crippen molar-refractivity contribution in [3.8, 4) is 0 Å². The molecule has 0 bridgehead atoms. The molecule has 112 valence electrons. The Morgan fingerprint density at radius 1 is 1.24 bits per heavy atom. The highest BCUT2D eigenvalue weighted by atomic mass is 19.4. The first-order valence-corrected chi connectivity index (χ1v) is 6.08. The monoisotopic (exact) mass is 299 g/mol. The topological polar surface area (TPSA) is 50.9 Å². The highest BCUT2D eigenvalue weighted by Gasteiger charge is 2.34. The van der Waals surface area contributed by atoms with Crippen molar-refractivity contribution in [2.24, 2.45) is 5.84 Å². The summed E-state index contributed by atoms with van der Waals surface area (Å²) in [5, 5.41) is 0. The average molecular weight is 299 g/mol. The molecule has 0 amide bonds. The van der Waals surface area contributed by atoms with Crippen LogP contribution in [0.1, 0.15) is 28.3 Å². The van der Waals surface area contributed by atoms with E-state index in [1.165, 1.54) is 12.3 Å². The van der Waals surface area contributed by atoms with Crippen molar-refractivity contribution in [1.82, 2.24) is 10.4 Å². The summed E-state index contributed by atoms with van der Waals surface area (Å²) in [5.74, 6) is 4.15. The Morgan fingerprint density at radius 3 is 2.52 bits per heavy atom. The Bertz CT molecular complexity index is 640. The van der Waals surface area contributed by atoms with Crippen molar-refractivity contribution in [2.75, 3.05) is 0 Å². The number of alkyl halides is 3. The average Bonchev–Trinajstić information content (AvgIpc) is 2.42. The molecule has 0 aliphatic carbocycles. The molecule has 21 heavy (non-hydrogen) atoms. The van der Waals surface area contributed by atoms with Gasteiger partial charge in [-0.15, -0.1) is 0 Å². The van der Waals surface area contributed by atoms with E-state index >= 15 is 0 Å². The summed E-state index contributed by atoms with van der Waals surface area (Å²) < 4.78 is 51.7. The molecule has 1 heterocycles. The molecule has 2 aromatic rings. The smallest absolute Gasteiger partial charge is 0.271 e. The summed E-state index contributed by atoms with van der Waals surface area (Å²) >= 11 is 0. The van der Waals surface area contributed by atoms with Gasteiger partial charge in [0.2, 0.25) is 0 Å². The van der Waals surface area contributed by atoms with Crippen LogP contribution in [0.25, 0.3) is 0 Å². The van der Waals surface area contributed by atoms with E-state index in [0.717, 1.165) is 17.7 Å². The lowest BCUT2D eigenvalue weighted by Gasteiger charge is -2.20. The van der Waals surface area contributed by atoms with Gasteiger partial charge in [-0.3, -0.25) is 10.8 Å². The van der Waals surface area contributed by atoms with Crippen LogP contribution in [0.5, 0.6) is 0 Å². The second-order valence-electron chi connectivity index (χ2n) is 4.57. The number of nitrogens with zero attached hydrogens (tertiary/aromatic N) is 1. The van der Waals surface area contributed by atoms with E-state index in [4.69, 9.17) is 5.84 Å². The lowest BCUT2D eigenvalue weighted by Crippen LogP contribution is -2.29. The maximum Gasteiger partial charge on any atom is 0.419 e. The van der Waals surface area contributed by atoms with Crippen molar-refractivity contribution in [3.05, 3.63) is 64.7 Å². The summed E-state index contributed by atoms with van der Waals surface area (Å²) in [4.78, 5) is 3.92. The molecule has 1 aromatic carbocycles. The number of aromatic nitrogens is 1. The first-order chi connectivity index (χ1) is 9.84. The van der Waals surface area contributed by atoms with E-state index in [9.17, 15) is 17.6 Å². The highest BCUT2D eigenvalue weighted by molar-refractivity contribution is 5.38. The maximum atomic E-state index is 13.3. The van der Waals surface area contributed by atoms with E-state index in [0.29, 0.717) is 5.56 Å². The molecule has 0 radical (unpaired) electrons. The summed E-state index contributed by atoms with van der Waals surface area (Å²) in [6.45, 7) is 1.76. The number of nitrogens with two attached hydrogens (primary N) is 1. The molecule has 0 aliphatic heterocycles. The van der Waals surface area contributed by atoms with Crippen LogP contribution < -0.4 is 11.3 Å². The zero-order valence-electron chi connectivity index (χ0n) is 11.1. The van der Waals surface area contributed by atoms with Gasteiger partial charge < -0.3 is 0 Å². The summed E-state index contributed by atoms with van der Waals surface area (Å²) in [6, 6.07) is 3.79. The normalized spacial score (nSPS) is 13.2. The third-order valence-corrected chi connectivity index (χ3v) is 3.17. The van der Waals surface area contributed by atoms with Gasteiger partial charge in [-0.25, -0.2) is 9.82 Å². The number of nitrogens with one attached hydrogen (secondary N) is 1. The zero-order chi connectivity index (χ0) is 15.6. The van der Waals surface area contributed by atoms with Crippen LogP contribution in [0.2, 0.25) is 0 Å². The molecule has 0 saturated carbocycles. The van der Waals surface area contributed by atoms with E-state index in [2.05, 4.69) is 10.4 Å². The van der Waals surface area contributed by atoms with Gasteiger partial charge in [-0.2, -0.15) is 13.2 Å². The molecule has 0 fully saturated rings. The van der Waals surface area contributed by atoms with E-state index < -0.39 is 23.6 Å². The SMILES string of the molecule is Cc1cnccc1C(NN)c1ccc(F)c(C(F)(F)F)c1. The van der Waals surface area contributed by atoms with Gasteiger partial charge in [0.05, 0.1) is 11.6 Å². The van der Waals surface area contributed by atoms with Crippen molar-refractivity contribution in [1.29, 1.82) is 0 Å². The molecule has 3 N–H and O–H groups in total.